The fourth-order valence-corrected chi connectivity index (χ4v) is 2.69. The molecular formula is C13H17ClN4S. The molecule has 0 radical (unpaired) electrons. The van der Waals surface area contributed by atoms with Crippen LogP contribution in [-0.2, 0) is 6.54 Å². The maximum absolute atomic E-state index is 5.91. The van der Waals surface area contributed by atoms with E-state index < -0.39 is 0 Å². The molecule has 0 aliphatic carbocycles. The van der Waals surface area contributed by atoms with Crippen molar-refractivity contribution < 1.29 is 0 Å². The van der Waals surface area contributed by atoms with Crippen LogP contribution >= 0.6 is 22.9 Å². The fourth-order valence-electron chi connectivity index (χ4n) is 1.67. The molecule has 0 unspecified atom stereocenters. The molecule has 0 saturated heterocycles. The normalized spacial score (nSPS) is 10.5. The summed E-state index contributed by atoms with van der Waals surface area (Å²) >= 11 is 7.49. The van der Waals surface area contributed by atoms with Crippen molar-refractivity contribution in [2.24, 2.45) is 0 Å². The summed E-state index contributed by atoms with van der Waals surface area (Å²) in [5.41, 5.74) is 1.04. The van der Waals surface area contributed by atoms with Crippen molar-refractivity contribution in [3.8, 4) is 0 Å². The van der Waals surface area contributed by atoms with E-state index in [0.717, 1.165) is 41.0 Å². The minimum absolute atomic E-state index is 0.725. The number of anilines is 2. The molecule has 4 nitrogen and oxygen atoms in total. The van der Waals surface area contributed by atoms with Crippen molar-refractivity contribution in [2.75, 3.05) is 17.2 Å². The SMILES string of the molecule is CCCNc1ncnc(NCc2ccc(Cl)s2)c1C. The van der Waals surface area contributed by atoms with Gasteiger partial charge in [0.15, 0.2) is 0 Å². The number of rotatable bonds is 6. The molecular weight excluding hydrogens is 280 g/mol. The van der Waals surface area contributed by atoms with Gasteiger partial charge in [0, 0.05) is 17.0 Å². The summed E-state index contributed by atoms with van der Waals surface area (Å²) in [5.74, 6) is 1.75. The maximum Gasteiger partial charge on any atom is 0.134 e. The van der Waals surface area contributed by atoms with E-state index in [0.29, 0.717) is 0 Å². The number of nitrogens with zero attached hydrogens (tertiary/aromatic N) is 2. The zero-order valence-electron chi connectivity index (χ0n) is 11.0. The zero-order valence-corrected chi connectivity index (χ0v) is 12.6. The Bertz CT molecular complexity index is 541. The van der Waals surface area contributed by atoms with E-state index in [2.05, 4.69) is 27.5 Å². The maximum atomic E-state index is 5.91. The van der Waals surface area contributed by atoms with Crippen LogP contribution in [0.2, 0.25) is 4.34 Å². The topological polar surface area (TPSA) is 49.8 Å². The Balaban J connectivity index is 2.03. The van der Waals surface area contributed by atoms with Crippen molar-refractivity contribution in [3.63, 3.8) is 0 Å². The van der Waals surface area contributed by atoms with Gasteiger partial charge in [0.05, 0.1) is 10.9 Å². The van der Waals surface area contributed by atoms with E-state index in [4.69, 9.17) is 11.6 Å². The molecule has 2 N–H and O–H groups in total. The number of aromatic nitrogens is 2. The first-order chi connectivity index (χ1) is 9.20. The van der Waals surface area contributed by atoms with Crippen molar-refractivity contribution in [1.29, 1.82) is 0 Å². The first-order valence-corrected chi connectivity index (χ1v) is 7.43. The summed E-state index contributed by atoms with van der Waals surface area (Å²) in [4.78, 5) is 9.72. The highest BCUT2D eigenvalue weighted by Crippen LogP contribution is 2.23. The number of nitrogens with one attached hydrogen (secondary N) is 2. The molecule has 0 atom stereocenters. The third-order valence-corrected chi connectivity index (χ3v) is 3.92. The summed E-state index contributed by atoms with van der Waals surface area (Å²) in [6.07, 6.45) is 2.65. The Hall–Kier alpha value is -1.33. The van der Waals surface area contributed by atoms with E-state index in [9.17, 15) is 0 Å². The van der Waals surface area contributed by atoms with Gasteiger partial charge in [-0.3, -0.25) is 0 Å². The second kappa shape index (κ2) is 6.73. The van der Waals surface area contributed by atoms with Crippen LogP contribution in [0.4, 0.5) is 11.6 Å². The molecule has 0 spiro atoms. The third-order valence-electron chi connectivity index (χ3n) is 2.69. The van der Waals surface area contributed by atoms with E-state index in [1.165, 1.54) is 4.88 Å². The summed E-state index contributed by atoms with van der Waals surface area (Å²) in [6, 6.07) is 3.93. The van der Waals surface area contributed by atoms with Gasteiger partial charge in [-0.1, -0.05) is 18.5 Å². The fraction of sp³-hybridized carbons (Fsp3) is 0.385. The molecule has 0 fully saturated rings. The van der Waals surface area contributed by atoms with Gasteiger partial charge in [-0.25, -0.2) is 9.97 Å². The molecule has 2 aromatic heterocycles. The largest absolute Gasteiger partial charge is 0.370 e. The average Bonchev–Trinajstić information content (AvgIpc) is 2.82. The van der Waals surface area contributed by atoms with Gasteiger partial charge in [-0.05, 0) is 25.5 Å². The summed E-state index contributed by atoms with van der Waals surface area (Å²) in [6.45, 7) is 5.78. The van der Waals surface area contributed by atoms with Crippen LogP contribution in [0.1, 0.15) is 23.8 Å². The highest BCUT2D eigenvalue weighted by atomic mass is 35.5. The lowest BCUT2D eigenvalue weighted by Gasteiger charge is -2.11. The Morgan fingerprint density at radius 3 is 2.58 bits per heavy atom. The standard InChI is InChI=1S/C13H17ClN4S/c1-3-6-15-12-9(2)13(18-8-17-12)16-7-10-4-5-11(14)19-10/h4-5,8H,3,6-7H2,1-2H3,(H2,15,16,17,18). The number of thiophene rings is 1. The van der Waals surface area contributed by atoms with Gasteiger partial charge in [0.1, 0.15) is 18.0 Å². The molecule has 0 aliphatic rings. The Labute approximate surface area is 122 Å². The van der Waals surface area contributed by atoms with E-state index in [-0.39, 0.29) is 0 Å². The van der Waals surface area contributed by atoms with Crippen molar-refractivity contribution in [2.45, 2.75) is 26.8 Å². The molecule has 2 aromatic rings. The second-order valence-electron chi connectivity index (χ2n) is 4.18. The van der Waals surface area contributed by atoms with Crippen LogP contribution in [0.15, 0.2) is 18.5 Å². The highest BCUT2D eigenvalue weighted by molar-refractivity contribution is 7.16. The Morgan fingerprint density at radius 1 is 1.21 bits per heavy atom. The average molecular weight is 297 g/mol. The highest BCUT2D eigenvalue weighted by Gasteiger charge is 2.06. The lowest BCUT2D eigenvalue weighted by Crippen LogP contribution is -2.08. The molecule has 6 heteroatoms. The molecule has 0 amide bonds. The minimum atomic E-state index is 0.725. The lowest BCUT2D eigenvalue weighted by molar-refractivity contribution is 0.957. The van der Waals surface area contributed by atoms with Gasteiger partial charge in [0.2, 0.25) is 0 Å². The predicted molar refractivity (Wildman–Crippen MR) is 82.2 cm³/mol. The van der Waals surface area contributed by atoms with Gasteiger partial charge in [0.25, 0.3) is 0 Å². The van der Waals surface area contributed by atoms with Crippen LogP contribution < -0.4 is 10.6 Å². The molecule has 0 aromatic carbocycles. The van der Waals surface area contributed by atoms with Crippen molar-refractivity contribution in [1.82, 2.24) is 9.97 Å². The smallest absolute Gasteiger partial charge is 0.134 e. The number of hydrogen-bond acceptors (Lipinski definition) is 5. The summed E-state index contributed by atoms with van der Waals surface area (Å²) in [7, 11) is 0. The second-order valence-corrected chi connectivity index (χ2v) is 5.98. The van der Waals surface area contributed by atoms with Gasteiger partial charge < -0.3 is 10.6 Å². The van der Waals surface area contributed by atoms with E-state index in [1.807, 2.05) is 19.1 Å². The molecule has 0 bridgehead atoms. The first kappa shape index (κ1) is 14.1. The van der Waals surface area contributed by atoms with E-state index in [1.54, 1.807) is 17.7 Å². The van der Waals surface area contributed by atoms with Crippen molar-refractivity contribution >= 4 is 34.6 Å². The monoisotopic (exact) mass is 296 g/mol. The molecule has 19 heavy (non-hydrogen) atoms. The Morgan fingerprint density at radius 2 is 1.95 bits per heavy atom. The van der Waals surface area contributed by atoms with Crippen LogP contribution in [0, 0.1) is 6.92 Å². The lowest BCUT2D eigenvalue weighted by atomic mass is 10.3. The van der Waals surface area contributed by atoms with Crippen LogP contribution in [0.5, 0.6) is 0 Å². The van der Waals surface area contributed by atoms with Gasteiger partial charge in [-0.15, -0.1) is 11.3 Å². The first-order valence-electron chi connectivity index (χ1n) is 6.24. The molecule has 2 rings (SSSR count). The van der Waals surface area contributed by atoms with Gasteiger partial charge in [-0.2, -0.15) is 0 Å². The van der Waals surface area contributed by atoms with E-state index >= 15 is 0 Å². The van der Waals surface area contributed by atoms with Crippen LogP contribution in [0.3, 0.4) is 0 Å². The molecule has 0 saturated carbocycles. The summed E-state index contributed by atoms with van der Waals surface area (Å²) < 4.78 is 0.807. The summed E-state index contributed by atoms with van der Waals surface area (Å²) in [5, 5.41) is 6.62. The minimum Gasteiger partial charge on any atom is -0.370 e. The molecule has 102 valence electrons. The van der Waals surface area contributed by atoms with Crippen molar-refractivity contribution in [3.05, 3.63) is 33.2 Å². The third kappa shape index (κ3) is 3.81. The quantitative estimate of drug-likeness (QED) is 0.848. The number of halogens is 1. The van der Waals surface area contributed by atoms with Gasteiger partial charge >= 0.3 is 0 Å². The molecule has 2 heterocycles. The Kier molecular flexibility index (Phi) is 4.99. The van der Waals surface area contributed by atoms with Crippen LogP contribution in [-0.4, -0.2) is 16.5 Å². The zero-order chi connectivity index (χ0) is 13.7. The predicted octanol–water partition coefficient (Wildman–Crippen LogP) is 3.93. The van der Waals surface area contributed by atoms with Crippen LogP contribution in [0.25, 0.3) is 0 Å². The number of hydrogen-bond donors (Lipinski definition) is 2. The molecule has 0 aliphatic heterocycles.